The largest absolute Gasteiger partial charge is 0.376 e. The molecule has 8 nitrogen and oxygen atoms in total. The molecular formula is C23H28N4O4S. The molecule has 4 rings (SSSR count). The Hall–Kier alpha value is -2.78. The minimum atomic E-state index is -0.984. The summed E-state index contributed by atoms with van der Waals surface area (Å²) in [6.45, 7) is 1.06. The number of carbonyl (C=O) groups excluding carboxylic acids is 3. The van der Waals surface area contributed by atoms with E-state index in [4.69, 9.17) is 4.74 Å². The first-order valence-corrected chi connectivity index (χ1v) is 12.0. The van der Waals surface area contributed by atoms with Gasteiger partial charge in [-0.1, -0.05) is 18.9 Å². The van der Waals surface area contributed by atoms with Crippen molar-refractivity contribution in [3.63, 3.8) is 0 Å². The highest BCUT2D eigenvalue weighted by atomic mass is 32.1. The maximum atomic E-state index is 13.4. The average Bonchev–Trinajstić information content (AvgIpc) is 3.60. The SMILES string of the molecule is O=C(NC1CCCC1)C(=O)N(c1cccnc1)C(C(=O)NCC1CCCO1)c1cccs1. The van der Waals surface area contributed by atoms with Gasteiger partial charge in [0.25, 0.3) is 0 Å². The van der Waals surface area contributed by atoms with Crippen LogP contribution in [0.4, 0.5) is 5.69 Å². The number of carbonyl (C=O) groups is 3. The number of thiophene rings is 1. The van der Waals surface area contributed by atoms with Gasteiger partial charge in [-0.25, -0.2) is 0 Å². The van der Waals surface area contributed by atoms with Crippen molar-refractivity contribution in [3.8, 4) is 0 Å². The molecule has 1 aliphatic heterocycles. The summed E-state index contributed by atoms with van der Waals surface area (Å²) in [6, 6.07) is 6.00. The van der Waals surface area contributed by atoms with Crippen molar-refractivity contribution >= 4 is 34.7 Å². The Morgan fingerprint density at radius 2 is 2.00 bits per heavy atom. The number of nitrogens with one attached hydrogen (secondary N) is 2. The summed E-state index contributed by atoms with van der Waals surface area (Å²) in [5.41, 5.74) is 0.393. The molecule has 2 fully saturated rings. The Balaban J connectivity index is 1.61. The molecule has 3 amide bonds. The summed E-state index contributed by atoms with van der Waals surface area (Å²) in [4.78, 5) is 45.7. The van der Waals surface area contributed by atoms with Crippen LogP contribution >= 0.6 is 11.3 Å². The third kappa shape index (κ3) is 5.34. The zero-order valence-corrected chi connectivity index (χ0v) is 18.7. The first kappa shape index (κ1) is 22.4. The van der Waals surface area contributed by atoms with Crippen molar-refractivity contribution in [1.29, 1.82) is 0 Å². The lowest BCUT2D eigenvalue weighted by molar-refractivity contribution is -0.139. The van der Waals surface area contributed by atoms with Gasteiger partial charge in [-0.3, -0.25) is 24.3 Å². The van der Waals surface area contributed by atoms with Crippen molar-refractivity contribution < 1.29 is 19.1 Å². The minimum absolute atomic E-state index is 0.00396. The first-order valence-electron chi connectivity index (χ1n) is 11.1. The number of hydrogen-bond acceptors (Lipinski definition) is 6. The van der Waals surface area contributed by atoms with Gasteiger partial charge >= 0.3 is 11.8 Å². The molecule has 1 aliphatic carbocycles. The molecule has 2 atom stereocenters. The number of aromatic nitrogens is 1. The average molecular weight is 457 g/mol. The van der Waals surface area contributed by atoms with Crippen LogP contribution in [0, 0.1) is 0 Å². The van der Waals surface area contributed by atoms with Crippen molar-refractivity contribution in [2.24, 2.45) is 0 Å². The molecule has 0 radical (unpaired) electrons. The number of rotatable bonds is 7. The molecule has 1 saturated carbocycles. The summed E-state index contributed by atoms with van der Waals surface area (Å²) in [5.74, 6) is -1.82. The van der Waals surface area contributed by atoms with Crippen LogP contribution in [0.3, 0.4) is 0 Å². The Kier molecular flexibility index (Phi) is 7.49. The van der Waals surface area contributed by atoms with Crippen LogP contribution < -0.4 is 15.5 Å². The zero-order chi connectivity index (χ0) is 22.3. The van der Waals surface area contributed by atoms with Crippen molar-refractivity contribution in [2.45, 2.75) is 56.7 Å². The molecule has 0 bridgehead atoms. The molecule has 2 N–H and O–H groups in total. The van der Waals surface area contributed by atoms with Crippen molar-refractivity contribution in [2.75, 3.05) is 18.1 Å². The van der Waals surface area contributed by atoms with Gasteiger partial charge < -0.3 is 15.4 Å². The number of pyridine rings is 1. The number of anilines is 1. The van der Waals surface area contributed by atoms with Gasteiger partial charge in [0, 0.05) is 30.3 Å². The van der Waals surface area contributed by atoms with E-state index in [9.17, 15) is 14.4 Å². The van der Waals surface area contributed by atoms with E-state index in [1.54, 1.807) is 24.4 Å². The van der Waals surface area contributed by atoms with Crippen LogP contribution in [0.15, 0.2) is 42.0 Å². The molecule has 32 heavy (non-hydrogen) atoms. The quantitative estimate of drug-likeness (QED) is 0.624. The van der Waals surface area contributed by atoms with E-state index in [-0.39, 0.29) is 18.1 Å². The molecule has 1 saturated heterocycles. The molecule has 0 spiro atoms. The van der Waals surface area contributed by atoms with E-state index in [0.717, 1.165) is 38.5 Å². The fourth-order valence-electron chi connectivity index (χ4n) is 4.24. The van der Waals surface area contributed by atoms with Crippen LogP contribution in [0.25, 0.3) is 0 Å². The van der Waals surface area contributed by atoms with Crippen LogP contribution in [-0.4, -0.2) is 48.0 Å². The second-order valence-corrected chi connectivity index (χ2v) is 9.12. The zero-order valence-electron chi connectivity index (χ0n) is 17.9. The second kappa shape index (κ2) is 10.7. The summed E-state index contributed by atoms with van der Waals surface area (Å²) >= 11 is 1.36. The van der Waals surface area contributed by atoms with E-state index in [1.165, 1.54) is 22.4 Å². The predicted molar refractivity (Wildman–Crippen MR) is 121 cm³/mol. The maximum absolute atomic E-state index is 13.4. The van der Waals surface area contributed by atoms with E-state index in [2.05, 4.69) is 15.6 Å². The summed E-state index contributed by atoms with van der Waals surface area (Å²) in [7, 11) is 0. The number of ether oxygens (including phenoxy) is 1. The Labute approximate surface area is 191 Å². The topological polar surface area (TPSA) is 101 Å². The molecule has 2 unspecified atom stereocenters. The summed E-state index contributed by atoms with van der Waals surface area (Å²) in [5, 5.41) is 7.62. The van der Waals surface area contributed by atoms with E-state index >= 15 is 0 Å². The molecule has 3 heterocycles. The first-order chi connectivity index (χ1) is 15.6. The number of amides is 3. The van der Waals surface area contributed by atoms with Gasteiger partial charge in [-0.2, -0.15) is 0 Å². The molecule has 9 heteroatoms. The molecule has 2 aromatic heterocycles. The highest BCUT2D eigenvalue weighted by molar-refractivity contribution is 7.10. The van der Waals surface area contributed by atoms with Crippen LogP contribution in [0.5, 0.6) is 0 Å². The lowest BCUT2D eigenvalue weighted by Gasteiger charge is -2.30. The third-order valence-corrected chi connectivity index (χ3v) is 6.80. The van der Waals surface area contributed by atoms with Crippen molar-refractivity contribution in [1.82, 2.24) is 15.6 Å². The lowest BCUT2D eigenvalue weighted by atomic mass is 10.1. The van der Waals surface area contributed by atoms with Crippen LogP contribution in [-0.2, 0) is 19.1 Å². The number of hydrogen-bond donors (Lipinski definition) is 2. The third-order valence-electron chi connectivity index (χ3n) is 5.87. The molecule has 170 valence electrons. The molecule has 2 aromatic rings. The van der Waals surface area contributed by atoms with Gasteiger partial charge in [0.05, 0.1) is 18.0 Å². The Bertz CT molecular complexity index is 909. The lowest BCUT2D eigenvalue weighted by Crippen LogP contribution is -2.51. The van der Waals surface area contributed by atoms with E-state index < -0.39 is 17.9 Å². The van der Waals surface area contributed by atoms with Gasteiger partial charge in [0.2, 0.25) is 5.91 Å². The van der Waals surface area contributed by atoms with Crippen LogP contribution in [0.1, 0.15) is 49.4 Å². The van der Waals surface area contributed by atoms with Gasteiger partial charge in [-0.05, 0) is 49.3 Å². The maximum Gasteiger partial charge on any atom is 0.317 e. The molecule has 0 aromatic carbocycles. The fraction of sp³-hybridized carbons (Fsp3) is 0.478. The van der Waals surface area contributed by atoms with Gasteiger partial charge in [-0.15, -0.1) is 11.3 Å². The minimum Gasteiger partial charge on any atom is -0.376 e. The number of nitrogens with zero attached hydrogens (tertiary/aromatic N) is 2. The Morgan fingerprint density at radius 3 is 2.66 bits per heavy atom. The van der Waals surface area contributed by atoms with E-state index in [1.807, 2.05) is 11.4 Å². The highest BCUT2D eigenvalue weighted by Gasteiger charge is 2.37. The van der Waals surface area contributed by atoms with Crippen molar-refractivity contribution in [3.05, 3.63) is 46.9 Å². The van der Waals surface area contributed by atoms with Crippen LogP contribution in [0.2, 0.25) is 0 Å². The van der Waals surface area contributed by atoms with Gasteiger partial charge in [0.15, 0.2) is 6.04 Å². The normalized spacial score (nSPS) is 19.4. The predicted octanol–water partition coefficient (Wildman–Crippen LogP) is 2.57. The highest BCUT2D eigenvalue weighted by Crippen LogP contribution is 2.31. The standard InChI is InChI=1S/C23H28N4O4S/c28-21(25-15-18-9-4-12-31-18)20(19-10-5-13-32-19)27(17-8-3-11-24-14-17)23(30)22(29)26-16-6-1-2-7-16/h3,5,8,10-11,13-14,16,18,20H,1-2,4,6-7,9,12,15H2,(H,25,28)(H,26,29). The smallest absolute Gasteiger partial charge is 0.317 e. The fourth-order valence-corrected chi connectivity index (χ4v) is 5.06. The summed E-state index contributed by atoms with van der Waals surface area (Å²) in [6.07, 6.45) is 8.71. The second-order valence-electron chi connectivity index (χ2n) is 8.14. The molecule has 2 aliphatic rings. The molecular weight excluding hydrogens is 428 g/mol. The van der Waals surface area contributed by atoms with E-state index in [0.29, 0.717) is 23.7 Å². The van der Waals surface area contributed by atoms with Gasteiger partial charge in [0.1, 0.15) is 0 Å². The summed E-state index contributed by atoms with van der Waals surface area (Å²) < 4.78 is 5.61. The monoisotopic (exact) mass is 456 g/mol. The Morgan fingerprint density at radius 1 is 1.16 bits per heavy atom.